The summed E-state index contributed by atoms with van der Waals surface area (Å²) in [4.78, 5) is 20.5. The van der Waals surface area contributed by atoms with E-state index in [-0.39, 0.29) is 52.8 Å². The summed E-state index contributed by atoms with van der Waals surface area (Å²) in [5.74, 6) is -5.10. The van der Waals surface area contributed by atoms with E-state index in [9.17, 15) is 9.59 Å². The Balaban J connectivity index is -0.000000500. The van der Waals surface area contributed by atoms with E-state index in [2.05, 4.69) is 11.3 Å². The van der Waals surface area contributed by atoms with Crippen LogP contribution in [0, 0.1) is 0 Å². The van der Waals surface area contributed by atoms with E-state index in [1.165, 1.54) is 0 Å². The van der Waals surface area contributed by atoms with Gasteiger partial charge in [0.1, 0.15) is 0 Å². The number of hydrogen-bond donors (Lipinski definition) is 2. The molecule has 0 aliphatic heterocycles. The van der Waals surface area contributed by atoms with Crippen molar-refractivity contribution in [2.24, 2.45) is 0 Å². The third kappa shape index (κ3) is 5.02. The van der Waals surface area contributed by atoms with Crippen molar-refractivity contribution in [2.45, 2.75) is 12.7 Å². The molecule has 0 amide bonds. The van der Waals surface area contributed by atoms with Gasteiger partial charge < -0.3 is 16.4 Å². The predicted octanol–water partition coefficient (Wildman–Crippen LogP) is -3.37. The van der Waals surface area contributed by atoms with Crippen LogP contribution in [-0.2, 0) is 14.3 Å². The van der Waals surface area contributed by atoms with Gasteiger partial charge in [-0.05, 0) is 0 Å². The summed E-state index contributed by atoms with van der Waals surface area (Å²) in [7, 11) is 0. The van der Waals surface area contributed by atoms with Crippen molar-refractivity contribution in [3.05, 3.63) is 12.7 Å². The van der Waals surface area contributed by atoms with E-state index >= 15 is 0 Å². The largest absolute Gasteiger partial charge is 1.00 e. The van der Waals surface area contributed by atoms with Crippen LogP contribution < -0.4 is 51.4 Å². The number of esters is 1. The number of hydrogen-bond acceptors (Lipinski definition) is 4. The van der Waals surface area contributed by atoms with Crippen LogP contribution in [0.3, 0.4) is 0 Å². The van der Waals surface area contributed by atoms with Gasteiger partial charge in [0.25, 0.3) is 0 Å². The van der Waals surface area contributed by atoms with E-state index in [1.807, 2.05) is 0 Å². The SMILES string of the molecule is C=CC(=O)OC(C)(O)C(=O)O.[H-].[K+]. The van der Waals surface area contributed by atoms with Gasteiger partial charge in [-0.25, -0.2) is 9.59 Å². The number of carboxylic acids is 1. The van der Waals surface area contributed by atoms with Crippen molar-refractivity contribution in [3.8, 4) is 0 Å². The maximum atomic E-state index is 10.4. The second-order valence-electron chi connectivity index (χ2n) is 1.91. The smallest absolute Gasteiger partial charge is 1.00 e. The quantitative estimate of drug-likeness (QED) is 0.215. The molecular weight excluding hydrogens is 191 g/mol. The van der Waals surface area contributed by atoms with Crippen LogP contribution in [0.2, 0.25) is 0 Å². The van der Waals surface area contributed by atoms with Gasteiger partial charge in [-0.1, -0.05) is 6.58 Å². The summed E-state index contributed by atoms with van der Waals surface area (Å²) in [5.41, 5.74) is 0. The molecule has 2 N–H and O–H groups in total. The Hall–Kier alpha value is 0.276. The topological polar surface area (TPSA) is 83.8 Å². The zero-order valence-corrected chi connectivity index (χ0v) is 10.0. The number of carbonyl (C=O) groups is 2. The second kappa shape index (κ2) is 5.84. The van der Waals surface area contributed by atoms with Crippen molar-refractivity contribution in [2.75, 3.05) is 0 Å². The number of aliphatic carboxylic acids is 1. The van der Waals surface area contributed by atoms with Gasteiger partial charge in [0.2, 0.25) is 0 Å². The van der Waals surface area contributed by atoms with Gasteiger partial charge in [0.15, 0.2) is 0 Å². The van der Waals surface area contributed by atoms with Crippen molar-refractivity contribution in [1.82, 2.24) is 0 Å². The maximum absolute atomic E-state index is 10.4. The molecule has 0 aromatic rings. The van der Waals surface area contributed by atoms with Gasteiger partial charge in [0.05, 0.1) is 0 Å². The van der Waals surface area contributed by atoms with Crippen LogP contribution in [0.1, 0.15) is 8.35 Å². The molecule has 12 heavy (non-hydrogen) atoms. The Morgan fingerprint density at radius 3 is 2.33 bits per heavy atom. The Morgan fingerprint density at radius 1 is 1.67 bits per heavy atom. The Morgan fingerprint density at radius 2 is 2.08 bits per heavy atom. The first-order valence-corrected chi connectivity index (χ1v) is 2.71. The standard InChI is InChI=1S/C6H8O5.K.H/c1-3-4(7)11-6(2,10)5(8)9;;/h3,10H,1H2,2H3,(H,8,9);;/q;+1;-1. The number of aliphatic hydroxyl groups is 1. The summed E-state index contributed by atoms with van der Waals surface area (Å²) >= 11 is 0. The van der Waals surface area contributed by atoms with Crippen LogP contribution in [0.25, 0.3) is 0 Å². The van der Waals surface area contributed by atoms with E-state index < -0.39 is 17.7 Å². The summed E-state index contributed by atoms with van der Waals surface area (Å²) < 4.78 is 4.05. The molecule has 6 heteroatoms. The molecule has 1 atom stereocenters. The minimum absolute atomic E-state index is 0. The molecule has 0 aromatic carbocycles. The molecule has 64 valence electrons. The minimum atomic E-state index is -2.48. The molecule has 0 rings (SSSR count). The number of carbonyl (C=O) groups excluding carboxylic acids is 1. The molecular formula is C6H9KO5. The number of carboxylic acid groups (broad SMARTS) is 1. The van der Waals surface area contributed by atoms with Crippen LogP contribution in [-0.4, -0.2) is 27.9 Å². The molecule has 0 fully saturated rings. The average Bonchev–Trinajstić information content (AvgIpc) is 1.86. The van der Waals surface area contributed by atoms with Crippen LogP contribution in [0.15, 0.2) is 12.7 Å². The first-order chi connectivity index (χ1) is 4.90. The zero-order chi connectivity index (χ0) is 9.07. The van der Waals surface area contributed by atoms with Gasteiger partial charge in [-0.2, -0.15) is 0 Å². The van der Waals surface area contributed by atoms with E-state index in [0.29, 0.717) is 0 Å². The average molecular weight is 200 g/mol. The molecule has 0 heterocycles. The molecule has 0 saturated heterocycles. The van der Waals surface area contributed by atoms with Gasteiger partial charge in [0, 0.05) is 13.0 Å². The molecule has 0 radical (unpaired) electrons. The van der Waals surface area contributed by atoms with Crippen molar-refractivity contribution >= 4 is 11.9 Å². The van der Waals surface area contributed by atoms with Crippen molar-refractivity contribution in [3.63, 3.8) is 0 Å². The molecule has 5 nitrogen and oxygen atoms in total. The Kier molecular flexibility index (Phi) is 7.20. The van der Waals surface area contributed by atoms with Crippen LogP contribution >= 0.6 is 0 Å². The minimum Gasteiger partial charge on any atom is -1.00 e. The molecule has 0 spiro atoms. The fourth-order valence-electron chi connectivity index (χ4n) is 0.281. The predicted molar refractivity (Wildman–Crippen MR) is 35.7 cm³/mol. The van der Waals surface area contributed by atoms with Gasteiger partial charge in [-0.15, -0.1) is 0 Å². The summed E-state index contributed by atoms with van der Waals surface area (Å²) in [6.45, 7) is 3.87. The van der Waals surface area contributed by atoms with Crippen molar-refractivity contribution in [1.29, 1.82) is 0 Å². The third-order valence-corrected chi connectivity index (χ3v) is 0.863. The zero-order valence-electron chi connectivity index (χ0n) is 7.90. The third-order valence-electron chi connectivity index (χ3n) is 0.863. The summed E-state index contributed by atoms with van der Waals surface area (Å²) in [5, 5.41) is 17.0. The Labute approximate surface area is 113 Å². The molecule has 1 unspecified atom stereocenters. The molecule has 0 saturated carbocycles. The van der Waals surface area contributed by atoms with E-state index in [4.69, 9.17) is 10.2 Å². The van der Waals surface area contributed by atoms with Crippen molar-refractivity contribution < 1.29 is 77.4 Å². The normalized spacial score (nSPS) is 13.5. The van der Waals surface area contributed by atoms with Gasteiger partial charge in [-0.3, -0.25) is 0 Å². The molecule has 0 aliphatic carbocycles. The first-order valence-electron chi connectivity index (χ1n) is 2.71. The molecule has 0 bridgehead atoms. The van der Waals surface area contributed by atoms with Crippen LogP contribution in [0.5, 0.6) is 0 Å². The number of rotatable bonds is 3. The molecule has 0 aliphatic rings. The summed E-state index contributed by atoms with van der Waals surface area (Å²) in [6, 6.07) is 0. The van der Waals surface area contributed by atoms with Gasteiger partial charge >= 0.3 is 69.1 Å². The fraction of sp³-hybridized carbons (Fsp3) is 0.333. The Bertz CT molecular complexity index is 203. The molecule has 0 aromatic heterocycles. The van der Waals surface area contributed by atoms with E-state index in [0.717, 1.165) is 13.0 Å². The monoisotopic (exact) mass is 200 g/mol. The second-order valence-corrected chi connectivity index (χ2v) is 1.91. The van der Waals surface area contributed by atoms with Crippen LogP contribution in [0.4, 0.5) is 0 Å². The fourth-order valence-corrected chi connectivity index (χ4v) is 0.281. The first kappa shape index (κ1) is 14.8. The maximum Gasteiger partial charge on any atom is 1.00 e. The van der Waals surface area contributed by atoms with E-state index in [1.54, 1.807) is 0 Å². The summed E-state index contributed by atoms with van der Waals surface area (Å²) in [6.07, 6.45) is 0.761. The number of ether oxygens (including phenoxy) is 1.